The predicted molar refractivity (Wildman–Crippen MR) is 113 cm³/mol. The minimum atomic E-state index is -0.198. The zero-order valence-corrected chi connectivity index (χ0v) is 16.3. The zero-order chi connectivity index (χ0) is 20.2. The molecule has 0 aliphatic heterocycles. The van der Waals surface area contributed by atoms with Crippen LogP contribution in [0.25, 0.3) is 23.0 Å². The summed E-state index contributed by atoms with van der Waals surface area (Å²) in [6.45, 7) is 4.41. The van der Waals surface area contributed by atoms with Gasteiger partial charge in [0.05, 0.1) is 12.2 Å². The monoisotopic (exact) mass is 383 g/mol. The summed E-state index contributed by atoms with van der Waals surface area (Å²) in [7, 11) is 0. The number of aromatic nitrogens is 4. The zero-order valence-electron chi connectivity index (χ0n) is 16.3. The largest absolute Gasteiger partial charge is 0.345 e. The first-order chi connectivity index (χ1) is 14.1. The van der Waals surface area contributed by atoms with Crippen LogP contribution in [-0.4, -0.2) is 25.7 Å². The van der Waals surface area contributed by atoms with E-state index in [9.17, 15) is 4.79 Å². The van der Waals surface area contributed by atoms with E-state index in [0.29, 0.717) is 11.5 Å². The second-order valence-electron chi connectivity index (χ2n) is 6.87. The number of fused-ring (bicyclic) bond motifs is 1. The average Bonchev–Trinajstić information content (AvgIpc) is 3.15. The summed E-state index contributed by atoms with van der Waals surface area (Å²) in [5.41, 5.74) is 5.93. The molecule has 0 aliphatic rings. The molecule has 1 amide bonds. The minimum Gasteiger partial charge on any atom is -0.345 e. The summed E-state index contributed by atoms with van der Waals surface area (Å²) in [6, 6.07) is 19.7. The van der Waals surface area contributed by atoms with Gasteiger partial charge in [-0.3, -0.25) is 4.79 Å². The van der Waals surface area contributed by atoms with Crippen LogP contribution in [0.1, 0.15) is 22.5 Å². The summed E-state index contributed by atoms with van der Waals surface area (Å²) >= 11 is 0. The van der Waals surface area contributed by atoms with Crippen LogP contribution in [0.15, 0.2) is 66.7 Å². The topological polar surface area (TPSA) is 72.2 Å². The molecule has 0 unspecified atom stereocenters. The third kappa shape index (κ3) is 4.21. The van der Waals surface area contributed by atoms with Crippen molar-refractivity contribution in [3.8, 4) is 11.3 Å². The fourth-order valence-corrected chi connectivity index (χ4v) is 2.96. The predicted octanol–water partition coefficient (Wildman–Crippen LogP) is 3.74. The molecular weight excluding hydrogens is 362 g/mol. The van der Waals surface area contributed by atoms with Gasteiger partial charge < -0.3 is 5.32 Å². The Morgan fingerprint density at radius 1 is 1.00 bits per heavy atom. The lowest BCUT2D eigenvalue weighted by atomic mass is 10.0. The van der Waals surface area contributed by atoms with Gasteiger partial charge >= 0.3 is 0 Å². The highest BCUT2D eigenvalue weighted by Crippen LogP contribution is 2.20. The molecule has 2 heterocycles. The Hall–Kier alpha value is -3.80. The minimum absolute atomic E-state index is 0.198. The molecule has 29 heavy (non-hydrogen) atoms. The SMILES string of the molecule is Cc1ccc(-c2ccc3nnc(CNC(=O)C=Cc4ccccc4)n3n2)cc1C. The maximum Gasteiger partial charge on any atom is 0.244 e. The summed E-state index contributed by atoms with van der Waals surface area (Å²) in [5, 5.41) is 15.8. The van der Waals surface area contributed by atoms with Crippen LogP contribution in [-0.2, 0) is 11.3 Å². The van der Waals surface area contributed by atoms with E-state index < -0.39 is 0 Å². The number of aryl methyl sites for hydroxylation is 2. The summed E-state index contributed by atoms with van der Waals surface area (Å²) < 4.78 is 1.67. The number of nitrogens with zero attached hydrogens (tertiary/aromatic N) is 4. The third-order valence-corrected chi connectivity index (χ3v) is 4.78. The Morgan fingerprint density at radius 2 is 1.83 bits per heavy atom. The number of rotatable bonds is 5. The lowest BCUT2D eigenvalue weighted by molar-refractivity contribution is -0.116. The van der Waals surface area contributed by atoms with Crippen LogP contribution >= 0.6 is 0 Å². The van der Waals surface area contributed by atoms with Gasteiger partial charge in [0.2, 0.25) is 5.91 Å². The summed E-state index contributed by atoms with van der Waals surface area (Å²) in [5.74, 6) is 0.378. The highest BCUT2D eigenvalue weighted by Gasteiger charge is 2.10. The van der Waals surface area contributed by atoms with Gasteiger partial charge in [-0.25, -0.2) is 0 Å². The van der Waals surface area contributed by atoms with E-state index in [1.807, 2.05) is 42.5 Å². The molecule has 2 aromatic heterocycles. The van der Waals surface area contributed by atoms with E-state index in [4.69, 9.17) is 0 Å². The Balaban J connectivity index is 1.51. The van der Waals surface area contributed by atoms with Crippen LogP contribution in [0.5, 0.6) is 0 Å². The Kier molecular flexibility index (Phi) is 5.16. The maximum atomic E-state index is 12.1. The molecule has 0 radical (unpaired) electrons. The molecule has 0 bridgehead atoms. The number of carbonyl (C=O) groups excluding carboxylic acids is 1. The first-order valence-electron chi connectivity index (χ1n) is 9.40. The van der Waals surface area contributed by atoms with Gasteiger partial charge in [-0.05, 0) is 54.8 Å². The van der Waals surface area contributed by atoms with Crippen molar-refractivity contribution >= 4 is 17.6 Å². The molecule has 6 heteroatoms. The van der Waals surface area contributed by atoms with E-state index >= 15 is 0 Å². The van der Waals surface area contributed by atoms with Crippen LogP contribution < -0.4 is 5.32 Å². The molecule has 0 saturated heterocycles. The molecule has 2 aromatic carbocycles. The van der Waals surface area contributed by atoms with E-state index in [0.717, 1.165) is 16.8 Å². The van der Waals surface area contributed by atoms with Gasteiger partial charge in [-0.1, -0.05) is 42.5 Å². The molecule has 0 spiro atoms. The van der Waals surface area contributed by atoms with Crippen molar-refractivity contribution in [1.29, 1.82) is 0 Å². The smallest absolute Gasteiger partial charge is 0.244 e. The van der Waals surface area contributed by atoms with Crippen LogP contribution in [0, 0.1) is 13.8 Å². The number of hydrogen-bond acceptors (Lipinski definition) is 4. The fourth-order valence-electron chi connectivity index (χ4n) is 2.96. The quantitative estimate of drug-likeness (QED) is 0.533. The van der Waals surface area contributed by atoms with E-state index in [1.165, 1.54) is 17.2 Å². The van der Waals surface area contributed by atoms with Gasteiger partial charge in [0.25, 0.3) is 0 Å². The molecule has 0 saturated carbocycles. The van der Waals surface area contributed by atoms with Crippen LogP contribution in [0.2, 0.25) is 0 Å². The number of benzene rings is 2. The second-order valence-corrected chi connectivity index (χ2v) is 6.87. The van der Waals surface area contributed by atoms with Crippen LogP contribution in [0.4, 0.5) is 0 Å². The lowest BCUT2D eigenvalue weighted by Gasteiger charge is -2.06. The van der Waals surface area contributed by atoms with Crippen molar-refractivity contribution in [2.24, 2.45) is 0 Å². The second kappa shape index (κ2) is 8.06. The van der Waals surface area contributed by atoms with Gasteiger partial charge in [0, 0.05) is 11.6 Å². The molecule has 0 aliphatic carbocycles. The lowest BCUT2D eigenvalue weighted by Crippen LogP contribution is -2.22. The molecule has 1 N–H and O–H groups in total. The molecule has 0 atom stereocenters. The molecule has 4 rings (SSSR count). The van der Waals surface area contributed by atoms with E-state index in [2.05, 4.69) is 52.7 Å². The Morgan fingerprint density at radius 3 is 2.62 bits per heavy atom. The van der Waals surface area contributed by atoms with Gasteiger partial charge in [-0.2, -0.15) is 9.61 Å². The first kappa shape index (κ1) is 18.6. The Labute approximate surface area is 168 Å². The third-order valence-electron chi connectivity index (χ3n) is 4.78. The van der Waals surface area contributed by atoms with E-state index in [1.54, 1.807) is 10.6 Å². The average molecular weight is 383 g/mol. The molecule has 0 fully saturated rings. The molecule has 6 nitrogen and oxygen atoms in total. The van der Waals surface area contributed by atoms with Crippen molar-refractivity contribution in [2.75, 3.05) is 0 Å². The normalized spacial score (nSPS) is 11.2. The highest BCUT2D eigenvalue weighted by molar-refractivity contribution is 5.91. The maximum absolute atomic E-state index is 12.1. The van der Waals surface area contributed by atoms with Crippen molar-refractivity contribution in [1.82, 2.24) is 25.1 Å². The molecule has 4 aromatic rings. The van der Waals surface area contributed by atoms with E-state index in [-0.39, 0.29) is 12.5 Å². The number of nitrogens with one attached hydrogen (secondary N) is 1. The number of carbonyl (C=O) groups is 1. The van der Waals surface area contributed by atoms with Gasteiger partial charge in [0.1, 0.15) is 0 Å². The first-order valence-corrected chi connectivity index (χ1v) is 9.40. The van der Waals surface area contributed by atoms with Gasteiger partial charge in [0.15, 0.2) is 11.5 Å². The van der Waals surface area contributed by atoms with Crippen molar-refractivity contribution in [2.45, 2.75) is 20.4 Å². The van der Waals surface area contributed by atoms with Gasteiger partial charge in [-0.15, -0.1) is 10.2 Å². The van der Waals surface area contributed by atoms with Crippen molar-refractivity contribution < 1.29 is 4.79 Å². The summed E-state index contributed by atoms with van der Waals surface area (Å²) in [6.07, 6.45) is 3.28. The standard InChI is InChI=1S/C23H21N5O/c1-16-8-10-19(14-17(16)2)20-11-12-21-25-26-22(28(21)27-20)15-24-23(29)13-9-18-6-4-3-5-7-18/h3-14H,15H2,1-2H3,(H,24,29). The highest BCUT2D eigenvalue weighted by atomic mass is 16.1. The summed E-state index contributed by atoms with van der Waals surface area (Å²) in [4.78, 5) is 12.1. The number of hydrogen-bond donors (Lipinski definition) is 1. The fraction of sp³-hybridized carbons (Fsp3) is 0.130. The van der Waals surface area contributed by atoms with Crippen molar-refractivity contribution in [3.63, 3.8) is 0 Å². The van der Waals surface area contributed by atoms with Crippen molar-refractivity contribution in [3.05, 3.63) is 89.3 Å². The van der Waals surface area contributed by atoms with Crippen LogP contribution in [0.3, 0.4) is 0 Å². The molecule has 144 valence electrons. The number of amides is 1. The molecular formula is C23H21N5O. The Bertz CT molecular complexity index is 1190.